The van der Waals surface area contributed by atoms with Crippen LogP contribution in [0.4, 0.5) is 5.69 Å². The van der Waals surface area contributed by atoms with E-state index in [0.717, 1.165) is 0 Å². The maximum Gasteiger partial charge on any atom is 0.245 e. The second-order valence-corrected chi connectivity index (χ2v) is 7.70. The zero-order valence-corrected chi connectivity index (χ0v) is 14.2. The van der Waals surface area contributed by atoms with Crippen LogP contribution in [0.15, 0.2) is 17.0 Å². The molecule has 1 aliphatic heterocycles. The molecule has 2 rings (SSSR count). The number of hydrogen-bond acceptors (Lipinski definition) is 4. The van der Waals surface area contributed by atoms with Crippen molar-refractivity contribution in [2.45, 2.75) is 37.3 Å². The minimum absolute atomic E-state index is 0.0152. The molecule has 0 aliphatic carbocycles. The highest BCUT2D eigenvalue weighted by atomic mass is 35.5. The minimum Gasteiger partial charge on any atom is -0.396 e. The Kier molecular flexibility index (Phi) is 5.05. The fourth-order valence-electron chi connectivity index (χ4n) is 2.30. The van der Waals surface area contributed by atoms with Gasteiger partial charge in [-0.3, -0.25) is 0 Å². The summed E-state index contributed by atoms with van der Waals surface area (Å²) in [5.74, 6) is 0. The molecule has 1 aromatic carbocycles. The van der Waals surface area contributed by atoms with Gasteiger partial charge in [-0.1, -0.05) is 30.1 Å². The van der Waals surface area contributed by atoms with E-state index in [-0.39, 0.29) is 32.8 Å². The molecule has 1 fully saturated rings. The van der Waals surface area contributed by atoms with E-state index in [9.17, 15) is 8.42 Å². The second-order valence-electron chi connectivity index (χ2n) is 5.05. The third-order valence-electron chi connectivity index (χ3n) is 3.57. The van der Waals surface area contributed by atoms with Gasteiger partial charge < -0.3 is 10.5 Å². The molecule has 118 valence electrons. The van der Waals surface area contributed by atoms with Gasteiger partial charge in [0.05, 0.1) is 28.4 Å². The van der Waals surface area contributed by atoms with Crippen LogP contribution in [0.5, 0.6) is 0 Å². The summed E-state index contributed by atoms with van der Waals surface area (Å²) in [5, 5.41) is 0.206. The topological polar surface area (TPSA) is 72.6 Å². The molecule has 0 aromatic heterocycles. The Labute approximate surface area is 135 Å². The molecule has 2 atom stereocenters. The lowest BCUT2D eigenvalue weighted by atomic mass is 10.2. The van der Waals surface area contributed by atoms with Gasteiger partial charge in [-0.15, -0.1) is 0 Å². The minimum atomic E-state index is -3.74. The molecule has 2 N–H and O–H groups in total. The number of rotatable bonds is 3. The van der Waals surface area contributed by atoms with Gasteiger partial charge in [-0.05, 0) is 25.5 Å². The van der Waals surface area contributed by atoms with Crippen molar-refractivity contribution in [3.8, 4) is 0 Å². The predicted molar refractivity (Wildman–Crippen MR) is 84.3 cm³/mol. The summed E-state index contributed by atoms with van der Waals surface area (Å²) in [5.41, 5.74) is 5.81. The van der Waals surface area contributed by atoms with E-state index < -0.39 is 10.0 Å². The van der Waals surface area contributed by atoms with Gasteiger partial charge in [-0.25, -0.2) is 8.42 Å². The van der Waals surface area contributed by atoms with Crippen molar-refractivity contribution in [2.75, 3.05) is 18.9 Å². The van der Waals surface area contributed by atoms with Crippen LogP contribution >= 0.6 is 23.2 Å². The standard InChI is InChI=1S/C13H18Cl2N2O3S/c1-3-9-7-20-8(2)6-17(9)21(18,19)11-5-4-10(14)13(16)12(11)15/h4-5,8-9H,3,6-7,16H2,1-2H3. The van der Waals surface area contributed by atoms with Gasteiger partial charge in [0.15, 0.2) is 0 Å². The number of benzene rings is 1. The molecule has 1 aromatic rings. The van der Waals surface area contributed by atoms with Crippen molar-refractivity contribution >= 4 is 38.9 Å². The third kappa shape index (κ3) is 3.14. The lowest BCUT2D eigenvalue weighted by Crippen LogP contribution is -2.51. The maximum atomic E-state index is 12.9. The Balaban J connectivity index is 2.48. The summed E-state index contributed by atoms with van der Waals surface area (Å²) in [4.78, 5) is -0.0152. The molecule has 5 nitrogen and oxygen atoms in total. The van der Waals surface area contributed by atoms with Gasteiger partial charge in [-0.2, -0.15) is 4.31 Å². The van der Waals surface area contributed by atoms with E-state index in [1.165, 1.54) is 16.4 Å². The molecule has 1 saturated heterocycles. The van der Waals surface area contributed by atoms with Crippen molar-refractivity contribution < 1.29 is 13.2 Å². The van der Waals surface area contributed by atoms with E-state index >= 15 is 0 Å². The van der Waals surface area contributed by atoms with Crippen LogP contribution < -0.4 is 5.73 Å². The highest BCUT2D eigenvalue weighted by Crippen LogP contribution is 2.35. The van der Waals surface area contributed by atoms with Gasteiger partial charge in [0.25, 0.3) is 0 Å². The fourth-order valence-corrected chi connectivity index (χ4v) is 4.81. The highest BCUT2D eigenvalue weighted by molar-refractivity contribution is 7.89. The summed E-state index contributed by atoms with van der Waals surface area (Å²) in [6.07, 6.45) is 0.498. The zero-order valence-electron chi connectivity index (χ0n) is 11.8. The molecular formula is C13H18Cl2N2O3S. The Morgan fingerprint density at radius 2 is 2.10 bits per heavy atom. The van der Waals surface area contributed by atoms with Crippen LogP contribution in [0, 0.1) is 0 Å². The number of nitrogen functional groups attached to an aromatic ring is 1. The summed E-state index contributed by atoms with van der Waals surface area (Å²) >= 11 is 11.9. The lowest BCUT2D eigenvalue weighted by molar-refractivity contribution is -0.0230. The zero-order chi connectivity index (χ0) is 15.8. The summed E-state index contributed by atoms with van der Waals surface area (Å²) in [6, 6.07) is 2.63. The van der Waals surface area contributed by atoms with Crippen molar-refractivity contribution in [2.24, 2.45) is 0 Å². The number of anilines is 1. The summed E-state index contributed by atoms with van der Waals surface area (Å²) < 4.78 is 32.7. The van der Waals surface area contributed by atoms with Crippen LogP contribution in [-0.4, -0.2) is 38.0 Å². The van der Waals surface area contributed by atoms with Crippen molar-refractivity contribution in [1.82, 2.24) is 4.31 Å². The average Bonchev–Trinajstić information content (AvgIpc) is 2.44. The Bertz CT molecular complexity index is 637. The summed E-state index contributed by atoms with van der Waals surface area (Å²) in [7, 11) is -3.74. The number of morpholine rings is 1. The molecule has 21 heavy (non-hydrogen) atoms. The first kappa shape index (κ1) is 16.8. The van der Waals surface area contributed by atoms with Crippen LogP contribution in [0.1, 0.15) is 20.3 Å². The number of halogens is 2. The molecule has 1 heterocycles. The molecule has 2 unspecified atom stereocenters. The number of ether oxygens (including phenoxy) is 1. The first-order valence-electron chi connectivity index (χ1n) is 6.66. The molecule has 0 saturated carbocycles. The number of sulfonamides is 1. The average molecular weight is 353 g/mol. The normalized spacial score (nSPS) is 24.2. The molecular weight excluding hydrogens is 335 g/mol. The van der Waals surface area contributed by atoms with E-state index in [0.29, 0.717) is 19.6 Å². The predicted octanol–water partition coefficient (Wildman–Crippen LogP) is 2.76. The summed E-state index contributed by atoms with van der Waals surface area (Å²) in [6.45, 7) is 4.42. The first-order chi connectivity index (χ1) is 9.78. The maximum absolute atomic E-state index is 12.9. The fraction of sp³-hybridized carbons (Fsp3) is 0.538. The van der Waals surface area contributed by atoms with Crippen molar-refractivity contribution in [3.05, 3.63) is 22.2 Å². The largest absolute Gasteiger partial charge is 0.396 e. The van der Waals surface area contributed by atoms with Gasteiger partial charge in [0, 0.05) is 12.6 Å². The molecule has 8 heteroatoms. The number of nitrogens with zero attached hydrogens (tertiary/aromatic N) is 1. The molecule has 0 bridgehead atoms. The molecule has 1 aliphatic rings. The van der Waals surface area contributed by atoms with E-state index in [4.69, 9.17) is 33.7 Å². The van der Waals surface area contributed by atoms with Crippen LogP contribution in [0.25, 0.3) is 0 Å². The van der Waals surface area contributed by atoms with E-state index in [2.05, 4.69) is 0 Å². The Hall–Kier alpha value is -0.530. The SMILES string of the molecule is CCC1COC(C)CN1S(=O)(=O)c1ccc(Cl)c(N)c1Cl. The van der Waals surface area contributed by atoms with Gasteiger partial charge in [0.1, 0.15) is 4.90 Å². The Morgan fingerprint density at radius 3 is 2.71 bits per heavy atom. The smallest absolute Gasteiger partial charge is 0.245 e. The third-order valence-corrected chi connectivity index (χ3v) is 6.38. The first-order valence-corrected chi connectivity index (χ1v) is 8.85. The van der Waals surface area contributed by atoms with Crippen LogP contribution in [-0.2, 0) is 14.8 Å². The van der Waals surface area contributed by atoms with E-state index in [1.807, 2.05) is 13.8 Å². The van der Waals surface area contributed by atoms with Crippen molar-refractivity contribution in [1.29, 1.82) is 0 Å². The van der Waals surface area contributed by atoms with Crippen LogP contribution in [0.2, 0.25) is 10.0 Å². The highest BCUT2D eigenvalue weighted by Gasteiger charge is 2.37. The van der Waals surface area contributed by atoms with E-state index in [1.54, 1.807) is 0 Å². The monoisotopic (exact) mass is 352 g/mol. The number of nitrogens with two attached hydrogens (primary N) is 1. The molecule has 0 radical (unpaired) electrons. The van der Waals surface area contributed by atoms with Gasteiger partial charge in [0.2, 0.25) is 10.0 Å². The molecule has 0 spiro atoms. The van der Waals surface area contributed by atoms with Gasteiger partial charge >= 0.3 is 0 Å². The number of hydrogen-bond donors (Lipinski definition) is 1. The molecule has 0 amide bonds. The van der Waals surface area contributed by atoms with Crippen molar-refractivity contribution in [3.63, 3.8) is 0 Å². The Morgan fingerprint density at radius 1 is 1.43 bits per heavy atom. The lowest BCUT2D eigenvalue weighted by Gasteiger charge is -2.37. The quantitative estimate of drug-likeness (QED) is 0.848. The second kappa shape index (κ2) is 6.30. The van der Waals surface area contributed by atoms with Crippen LogP contribution in [0.3, 0.4) is 0 Å².